The van der Waals surface area contributed by atoms with Crippen molar-refractivity contribution in [3.8, 4) is 0 Å². The van der Waals surface area contributed by atoms with Gasteiger partial charge in [0, 0.05) is 5.88 Å². The zero-order valence-electron chi connectivity index (χ0n) is 10.0. The summed E-state index contributed by atoms with van der Waals surface area (Å²) in [6, 6.07) is 0. The Morgan fingerprint density at radius 2 is 2.06 bits per heavy atom. The SMILES string of the molecule is O=C(NC1(CCl)CCCCC1)C1COCCO1. The van der Waals surface area contributed by atoms with Crippen LogP contribution in [0.3, 0.4) is 0 Å². The number of nitrogens with one attached hydrogen (secondary N) is 1. The van der Waals surface area contributed by atoms with Gasteiger partial charge in [-0.1, -0.05) is 19.3 Å². The topological polar surface area (TPSA) is 47.6 Å². The molecule has 1 saturated heterocycles. The van der Waals surface area contributed by atoms with Gasteiger partial charge in [-0.3, -0.25) is 4.79 Å². The van der Waals surface area contributed by atoms with Gasteiger partial charge in [0.2, 0.25) is 0 Å². The average molecular weight is 262 g/mol. The molecule has 1 amide bonds. The maximum atomic E-state index is 12.1. The predicted molar refractivity (Wildman–Crippen MR) is 65.2 cm³/mol. The first-order chi connectivity index (χ1) is 8.26. The fraction of sp³-hybridized carbons (Fsp3) is 0.917. The quantitative estimate of drug-likeness (QED) is 0.783. The largest absolute Gasteiger partial charge is 0.376 e. The highest BCUT2D eigenvalue weighted by Crippen LogP contribution is 2.29. The predicted octanol–water partition coefficient (Wildman–Crippen LogP) is 1.46. The summed E-state index contributed by atoms with van der Waals surface area (Å²) in [7, 11) is 0. The molecular weight excluding hydrogens is 242 g/mol. The molecule has 4 nitrogen and oxygen atoms in total. The molecule has 1 aliphatic carbocycles. The lowest BCUT2D eigenvalue weighted by Crippen LogP contribution is -2.56. The van der Waals surface area contributed by atoms with Crippen LogP contribution in [0, 0.1) is 0 Å². The lowest BCUT2D eigenvalue weighted by Gasteiger charge is -2.37. The van der Waals surface area contributed by atoms with Crippen LogP contribution < -0.4 is 5.32 Å². The van der Waals surface area contributed by atoms with Gasteiger partial charge in [0.1, 0.15) is 0 Å². The maximum Gasteiger partial charge on any atom is 0.252 e. The first-order valence-corrected chi connectivity index (χ1v) is 6.87. The van der Waals surface area contributed by atoms with Crippen molar-refractivity contribution in [3.63, 3.8) is 0 Å². The second-order valence-electron chi connectivity index (χ2n) is 4.90. The van der Waals surface area contributed by atoms with Gasteiger partial charge in [0.05, 0.1) is 25.4 Å². The van der Waals surface area contributed by atoms with E-state index in [2.05, 4.69) is 5.32 Å². The molecule has 0 aromatic heterocycles. The van der Waals surface area contributed by atoms with E-state index >= 15 is 0 Å². The van der Waals surface area contributed by atoms with E-state index in [0.717, 1.165) is 25.7 Å². The molecule has 1 unspecified atom stereocenters. The van der Waals surface area contributed by atoms with Gasteiger partial charge in [-0.05, 0) is 12.8 Å². The molecule has 0 spiro atoms. The standard InChI is InChI=1S/C12H20ClNO3/c13-9-12(4-2-1-3-5-12)14-11(15)10-8-16-6-7-17-10/h10H,1-9H2,(H,14,15). The van der Waals surface area contributed by atoms with E-state index in [1.165, 1.54) is 6.42 Å². The van der Waals surface area contributed by atoms with Crippen LogP contribution in [0.25, 0.3) is 0 Å². The van der Waals surface area contributed by atoms with Crippen molar-refractivity contribution in [2.45, 2.75) is 43.7 Å². The number of rotatable bonds is 3. The highest BCUT2D eigenvalue weighted by Gasteiger charge is 2.35. The van der Waals surface area contributed by atoms with Crippen molar-refractivity contribution < 1.29 is 14.3 Å². The van der Waals surface area contributed by atoms with Crippen molar-refractivity contribution in [1.82, 2.24) is 5.32 Å². The molecule has 5 heteroatoms. The van der Waals surface area contributed by atoms with Crippen LogP contribution in [0.15, 0.2) is 0 Å². The summed E-state index contributed by atoms with van der Waals surface area (Å²) in [6.07, 6.45) is 4.97. The number of carbonyl (C=O) groups is 1. The van der Waals surface area contributed by atoms with Crippen molar-refractivity contribution in [3.05, 3.63) is 0 Å². The van der Waals surface area contributed by atoms with Gasteiger partial charge >= 0.3 is 0 Å². The third kappa shape index (κ3) is 3.33. The highest BCUT2D eigenvalue weighted by atomic mass is 35.5. The van der Waals surface area contributed by atoms with Gasteiger partial charge in [0.25, 0.3) is 5.91 Å². The smallest absolute Gasteiger partial charge is 0.252 e. The Hall–Kier alpha value is -0.320. The molecule has 1 heterocycles. The molecule has 0 radical (unpaired) electrons. The fourth-order valence-corrected chi connectivity index (χ4v) is 2.84. The number of ether oxygens (including phenoxy) is 2. The minimum absolute atomic E-state index is 0.0766. The second-order valence-corrected chi connectivity index (χ2v) is 5.17. The number of carbonyl (C=O) groups excluding carboxylic acids is 1. The Bertz CT molecular complexity index is 260. The van der Waals surface area contributed by atoms with Crippen molar-refractivity contribution in [1.29, 1.82) is 0 Å². The van der Waals surface area contributed by atoms with E-state index in [9.17, 15) is 4.79 Å². The fourth-order valence-electron chi connectivity index (χ4n) is 2.50. The minimum atomic E-state index is -0.467. The Morgan fingerprint density at radius 1 is 1.29 bits per heavy atom. The molecule has 2 aliphatic rings. The lowest BCUT2D eigenvalue weighted by molar-refractivity contribution is -0.149. The molecule has 2 fully saturated rings. The molecule has 0 aromatic carbocycles. The Labute approximate surface area is 107 Å². The summed E-state index contributed by atoms with van der Waals surface area (Å²) in [6.45, 7) is 1.42. The Morgan fingerprint density at radius 3 is 2.65 bits per heavy atom. The third-order valence-corrected chi connectivity index (χ3v) is 4.07. The first-order valence-electron chi connectivity index (χ1n) is 6.33. The van der Waals surface area contributed by atoms with Gasteiger partial charge in [-0.2, -0.15) is 0 Å². The summed E-state index contributed by atoms with van der Waals surface area (Å²) in [5.74, 6) is 0.402. The molecule has 17 heavy (non-hydrogen) atoms. The van der Waals surface area contributed by atoms with E-state index < -0.39 is 6.10 Å². The monoisotopic (exact) mass is 261 g/mol. The van der Waals surface area contributed by atoms with Crippen LogP contribution in [-0.4, -0.2) is 43.3 Å². The Kier molecular flexibility index (Phi) is 4.65. The van der Waals surface area contributed by atoms with E-state index in [1.54, 1.807) is 0 Å². The molecule has 1 aliphatic heterocycles. The number of hydrogen-bond donors (Lipinski definition) is 1. The summed E-state index contributed by atoms with van der Waals surface area (Å²) in [5, 5.41) is 3.08. The summed E-state index contributed by atoms with van der Waals surface area (Å²) >= 11 is 6.03. The van der Waals surface area contributed by atoms with E-state index in [1.807, 2.05) is 0 Å². The number of amides is 1. The second kappa shape index (κ2) is 6.03. The molecule has 1 N–H and O–H groups in total. The lowest BCUT2D eigenvalue weighted by atomic mass is 9.83. The van der Waals surface area contributed by atoms with Crippen molar-refractivity contribution >= 4 is 17.5 Å². The summed E-state index contributed by atoms with van der Waals surface area (Å²) in [5.41, 5.74) is -0.225. The van der Waals surface area contributed by atoms with Gasteiger partial charge in [-0.15, -0.1) is 11.6 Å². The van der Waals surface area contributed by atoms with Gasteiger partial charge < -0.3 is 14.8 Å². The minimum Gasteiger partial charge on any atom is -0.376 e. The normalized spacial score (nSPS) is 28.6. The van der Waals surface area contributed by atoms with Crippen LogP contribution in [0.5, 0.6) is 0 Å². The Balaban J connectivity index is 1.90. The molecule has 1 saturated carbocycles. The third-order valence-electron chi connectivity index (χ3n) is 3.56. The molecule has 0 aromatic rings. The average Bonchev–Trinajstić information content (AvgIpc) is 2.41. The van der Waals surface area contributed by atoms with Gasteiger partial charge in [0.15, 0.2) is 6.10 Å². The van der Waals surface area contributed by atoms with Crippen molar-refractivity contribution in [2.75, 3.05) is 25.7 Å². The zero-order chi connectivity index (χ0) is 12.1. The van der Waals surface area contributed by atoms with Crippen LogP contribution >= 0.6 is 11.6 Å². The highest BCUT2D eigenvalue weighted by molar-refractivity contribution is 6.18. The number of halogens is 1. The maximum absolute atomic E-state index is 12.1. The number of alkyl halides is 1. The van der Waals surface area contributed by atoms with E-state index in [-0.39, 0.29) is 11.4 Å². The molecular formula is C12H20ClNO3. The van der Waals surface area contributed by atoms with Crippen molar-refractivity contribution in [2.24, 2.45) is 0 Å². The molecule has 0 bridgehead atoms. The number of hydrogen-bond acceptors (Lipinski definition) is 3. The van der Waals surface area contributed by atoms with Gasteiger partial charge in [-0.25, -0.2) is 0 Å². The van der Waals surface area contributed by atoms with Crippen LogP contribution in [0.4, 0.5) is 0 Å². The molecule has 98 valence electrons. The van der Waals surface area contributed by atoms with E-state index in [0.29, 0.717) is 25.7 Å². The molecule has 2 rings (SSSR count). The van der Waals surface area contributed by atoms with E-state index in [4.69, 9.17) is 21.1 Å². The van der Waals surface area contributed by atoms with Crippen LogP contribution in [0.2, 0.25) is 0 Å². The zero-order valence-corrected chi connectivity index (χ0v) is 10.8. The van der Waals surface area contributed by atoms with Crippen LogP contribution in [-0.2, 0) is 14.3 Å². The van der Waals surface area contributed by atoms with Crippen LogP contribution in [0.1, 0.15) is 32.1 Å². The molecule has 1 atom stereocenters. The first kappa shape index (κ1) is 13.1. The summed E-state index contributed by atoms with van der Waals surface area (Å²) < 4.78 is 10.6. The summed E-state index contributed by atoms with van der Waals surface area (Å²) in [4.78, 5) is 12.1.